The molecule has 6 heteroatoms. The molecule has 0 atom stereocenters. The van der Waals surface area contributed by atoms with Crippen LogP contribution in [0.5, 0.6) is 0 Å². The van der Waals surface area contributed by atoms with Crippen molar-refractivity contribution in [1.29, 1.82) is 0 Å². The van der Waals surface area contributed by atoms with E-state index >= 15 is 0 Å². The Hall–Kier alpha value is -1.56. The Morgan fingerprint density at radius 2 is 2.11 bits per heavy atom. The Balaban J connectivity index is 2.35. The number of rotatable bonds is 5. The molecule has 6 nitrogen and oxygen atoms in total. The summed E-state index contributed by atoms with van der Waals surface area (Å²) in [4.78, 5) is 2.13. The monoisotopic (exact) mass is 250 g/mol. The van der Waals surface area contributed by atoms with Gasteiger partial charge in [-0.2, -0.15) is 10.2 Å². The molecule has 0 spiro atoms. The average Bonchev–Trinajstić information content (AvgIpc) is 2.78. The minimum Gasteiger partial charge on any atom is -0.383 e. The first-order valence-electron chi connectivity index (χ1n) is 6.33. The molecule has 0 aromatic carbocycles. The van der Waals surface area contributed by atoms with Gasteiger partial charge in [0.25, 0.3) is 0 Å². The number of likely N-dealkylation sites (N-methyl/N-ethyl adjacent to an activating group) is 1. The van der Waals surface area contributed by atoms with Crippen LogP contribution in [-0.4, -0.2) is 45.5 Å². The molecule has 3 N–H and O–H groups in total. The normalized spacial score (nSPS) is 12.1. The van der Waals surface area contributed by atoms with Gasteiger partial charge in [0.05, 0.1) is 17.6 Å². The van der Waals surface area contributed by atoms with Gasteiger partial charge in [0.2, 0.25) is 0 Å². The lowest BCUT2D eigenvalue weighted by atomic mass is 10.1. The number of nitrogen functional groups attached to an aromatic ring is 1. The summed E-state index contributed by atoms with van der Waals surface area (Å²) in [5, 5.41) is 12.7. The van der Waals surface area contributed by atoms with Gasteiger partial charge in [0, 0.05) is 6.54 Å². The lowest BCUT2D eigenvalue weighted by Gasteiger charge is -2.09. The van der Waals surface area contributed by atoms with Crippen molar-refractivity contribution in [3.8, 4) is 0 Å². The molecule has 0 fully saturated rings. The van der Waals surface area contributed by atoms with Crippen LogP contribution >= 0.6 is 0 Å². The lowest BCUT2D eigenvalue weighted by molar-refractivity contribution is 0.375. The molecule has 2 aromatic rings. The average molecular weight is 250 g/mol. The van der Waals surface area contributed by atoms with Crippen LogP contribution < -0.4 is 5.73 Å². The van der Waals surface area contributed by atoms with Crippen LogP contribution in [0.25, 0.3) is 11.0 Å². The predicted molar refractivity (Wildman–Crippen MR) is 73.4 cm³/mol. The summed E-state index contributed by atoms with van der Waals surface area (Å²) in [6.07, 6.45) is 0.926. The molecule has 0 saturated heterocycles. The van der Waals surface area contributed by atoms with Gasteiger partial charge in [0.1, 0.15) is 5.82 Å². The van der Waals surface area contributed by atoms with E-state index < -0.39 is 0 Å². The topological polar surface area (TPSA) is 75.8 Å². The van der Waals surface area contributed by atoms with E-state index in [0.717, 1.165) is 36.2 Å². The molecule has 2 heterocycles. The van der Waals surface area contributed by atoms with Crippen molar-refractivity contribution in [1.82, 2.24) is 24.9 Å². The van der Waals surface area contributed by atoms with Crippen LogP contribution in [0.4, 0.5) is 5.82 Å². The van der Waals surface area contributed by atoms with Crippen LogP contribution in [0.15, 0.2) is 0 Å². The summed E-state index contributed by atoms with van der Waals surface area (Å²) in [6, 6.07) is 0. The molecule has 0 aliphatic rings. The minimum atomic E-state index is 0.555. The molecular weight excluding hydrogens is 228 g/mol. The van der Waals surface area contributed by atoms with Crippen LogP contribution in [0, 0.1) is 5.92 Å². The zero-order valence-electron chi connectivity index (χ0n) is 11.6. The molecule has 0 saturated carbocycles. The number of fused-ring (bicyclic) bond motifs is 1. The number of hydrogen-bond donors (Lipinski definition) is 2. The van der Waals surface area contributed by atoms with E-state index in [-0.39, 0.29) is 0 Å². The van der Waals surface area contributed by atoms with Gasteiger partial charge in [-0.3, -0.25) is 5.10 Å². The van der Waals surface area contributed by atoms with E-state index in [9.17, 15) is 0 Å². The SMILES string of the molecule is CC(C)Cc1nn(CCN(C)C)c2n[nH]c(N)c12. The molecule has 100 valence electrons. The number of aromatic amines is 1. The number of nitrogens with zero attached hydrogens (tertiary/aromatic N) is 4. The zero-order valence-corrected chi connectivity index (χ0v) is 11.6. The standard InChI is InChI=1S/C12H22N6/c1-8(2)7-9-10-11(13)14-15-12(10)18(16-9)6-5-17(3)4/h8H,5-7H2,1-4H3,(H3,13,14,15). The molecule has 18 heavy (non-hydrogen) atoms. The highest BCUT2D eigenvalue weighted by atomic mass is 15.4. The lowest BCUT2D eigenvalue weighted by Crippen LogP contribution is -2.19. The van der Waals surface area contributed by atoms with E-state index in [2.05, 4.69) is 48.1 Å². The highest BCUT2D eigenvalue weighted by Gasteiger charge is 2.17. The first-order valence-corrected chi connectivity index (χ1v) is 6.33. The summed E-state index contributed by atoms with van der Waals surface area (Å²) in [5.74, 6) is 1.18. The molecule has 0 aliphatic carbocycles. The van der Waals surface area contributed by atoms with E-state index in [1.54, 1.807) is 0 Å². The second kappa shape index (κ2) is 4.97. The number of nitrogens with two attached hydrogens (primary N) is 1. The van der Waals surface area contributed by atoms with Gasteiger partial charge < -0.3 is 10.6 Å². The predicted octanol–water partition coefficient (Wildman–Crippen LogP) is 1.10. The number of H-pyrrole nitrogens is 1. The fraction of sp³-hybridized carbons (Fsp3) is 0.667. The smallest absolute Gasteiger partial charge is 0.182 e. The Labute approximate surface area is 107 Å². The quantitative estimate of drug-likeness (QED) is 0.833. The van der Waals surface area contributed by atoms with Crippen molar-refractivity contribution in [3.05, 3.63) is 5.69 Å². The molecule has 0 aliphatic heterocycles. The van der Waals surface area contributed by atoms with Gasteiger partial charge in [-0.15, -0.1) is 0 Å². The van der Waals surface area contributed by atoms with Gasteiger partial charge in [-0.05, 0) is 26.4 Å². The van der Waals surface area contributed by atoms with Crippen molar-refractivity contribution in [2.75, 3.05) is 26.4 Å². The highest BCUT2D eigenvalue weighted by molar-refractivity contribution is 5.88. The Kier molecular flexibility index (Phi) is 3.56. The third kappa shape index (κ3) is 2.48. The summed E-state index contributed by atoms with van der Waals surface area (Å²) < 4.78 is 1.94. The molecule has 0 bridgehead atoms. The van der Waals surface area contributed by atoms with Crippen LogP contribution in [-0.2, 0) is 13.0 Å². The maximum Gasteiger partial charge on any atom is 0.182 e. The number of aromatic nitrogens is 4. The first kappa shape index (κ1) is 12.9. The molecule has 2 aromatic heterocycles. The number of anilines is 1. The van der Waals surface area contributed by atoms with Crippen LogP contribution in [0.2, 0.25) is 0 Å². The molecule has 0 unspecified atom stereocenters. The van der Waals surface area contributed by atoms with Crippen LogP contribution in [0.1, 0.15) is 19.5 Å². The van der Waals surface area contributed by atoms with E-state index in [1.807, 2.05) is 4.68 Å². The molecule has 0 radical (unpaired) electrons. The van der Waals surface area contributed by atoms with E-state index in [4.69, 9.17) is 5.73 Å². The highest BCUT2D eigenvalue weighted by Crippen LogP contribution is 2.24. The van der Waals surface area contributed by atoms with Gasteiger partial charge >= 0.3 is 0 Å². The third-order valence-electron chi connectivity index (χ3n) is 2.91. The summed E-state index contributed by atoms with van der Waals surface area (Å²) in [7, 11) is 4.10. The first-order chi connectivity index (χ1) is 8.49. The minimum absolute atomic E-state index is 0.555. The van der Waals surface area contributed by atoms with E-state index in [0.29, 0.717) is 11.7 Å². The van der Waals surface area contributed by atoms with Crippen molar-refractivity contribution < 1.29 is 0 Å². The largest absolute Gasteiger partial charge is 0.383 e. The van der Waals surface area contributed by atoms with Crippen molar-refractivity contribution in [2.24, 2.45) is 5.92 Å². The van der Waals surface area contributed by atoms with Crippen LogP contribution in [0.3, 0.4) is 0 Å². The maximum atomic E-state index is 5.94. The Bertz CT molecular complexity index is 522. The van der Waals surface area contributed by atoms with Crippen molar-refractivity contribution in [2.45, 2.75) is 26.8 Å². The maximum absolute atomic E-state index is 5.94. The van der Waals surface area contributed by atoms with Gasteiger partial charge in [-0.1, -0.05) is 13.8 Å². The summed E-state index contributed by atoms with van der Waals surface area (Å²) >= 11 is 0. The van der Waals surface area contributed by atoms with Gasteiger partial charge in [0.15, 0.2) is 5.65 Å². The number of nitrogens with one attached hydrogen (secondary N) is 1. The molecule has 2 rings (SSSR count). The molecular formula is C12H22N6. The second-order valence-electron chi connectivity index (χ2n) is 5.41. The number of hydrogen-bond acceptors (Lipinski definition) is 4. The Morgan fingerprint density at radius 3 is 2.72 bits per heavy atom. The fourth-order valence-corrected chi connectivity index (χ4v) is 2.04. The summed E-state index contributed by atoms with van der Waals surface area (Å²) in [5.41, 5.74) is 7.85. The Morgan fingerprint density at radius 1 is 1.39 bits per heavy atom. The van der Waals surface area contributed by atoms with Gasteiger partial charge in [-0.25, -0.2) is 4.68 Å². The second-order valence-corrected chi connectivity index (χ2v) is 5.41. The third-order valence-corrected chi connectivity index (χ3v) is 2.91. The van der Waals surface area contributed by atoms with Crippen molar-refractivity contribution >= 4 is 16.9 Å². The van der Waals surface area contributed by atoms with E-state index in [1.165, 1.54) is 0 Å². The molecule has 0 amide bonds. The zero-order chi connectivity index (χ0) is 13.3. The fourth-order valence-electron chi connectivity index (χ4n) is 2.04. The van der Waals surface area contributed by atoms with Crippen molar-refractivity contribution in [3.63, 3.8) is 0 Å². The summed E-state index contributed by atoms with van der Waals surface area (Å²) in [6.45, 7) is 6.12.